The van der Waals surface area contributed by atoms with Gasteiger partial charge in [0.1, 0.15) is 5.75 Å². The molecule has 0 fully saturated rings. The van der Waals surface area contributed by atoms with E-state index in [0.29, 0.717) is 13.0 Å². The molecular formula is C16H25NO3. The summed E-state index contributed by atoms with van der Waals surface area (Å²) in [6.45, 7) is 3.25. The van der Waals surface area contributed by atoms with Crippen LogP contribution in [-0.2, 0) is 9.53 Å². The average molecular weight is 279 g/mol. The number of nitrogens with zero attached hydrogens (tertiary/aromatic N) is 1. The van der Waals surface area contributed by atoms with E-state index in [9.17, 15) is 4.79 Å². The highest BCUT2D eigenvalue weighted by Gasteiger charge is 2.07. The predicted octanol–water partition coefficient (Wildman–Crippen LogP) is 3.25. The van der Waals surface area contributed by atoms with Crippen molar-refractivity contribution in [2.45, 2.75) is 32.6 Å². The van der Waals surface area contributed by atoms with Crippen molar-refractivity contribution in [3.05, 3.63) is 24.3 Å². The van der Waals surface area contributed by atoms with Crippen molar-refractivity contribution in [1.82, 2.24) is 0 Å². The fraction of sp³-hybridized carbons (Fsp3) is 0.562. The van der Waals surface area contributed by atoms with Crippen LogP contribution in [0.5, 0.6) is 5.75 Å². The molecule has 4 nitrogen and oxygen atoms in total. The number of methoxy groups -OCH3 is 1. The number of esters is 1. The molecule has 20 heavy (non-hydrogen) atoms. The van der Waals surface area contributed by atoms with Gasteiger partial charge < -0.3 is 14.4 Å². The highest BCUT2D eigenvalue weighted by molar-refractivity contribution is 5.69. The molecule has 0 aromatic heterocycles. The average Bonchev–Trinajstić information content (AvgIpc) is 2.47. The maximum Gasteiger partial charge on any atom is 0.305 e. The summed E-state index contributed by atoms with van der Waals surface area (Å²) in [6, 6.07) is 7.99. The first-order valence-electron chi connectivity index (χ1n) is 7.18. The van der Waals surface area contributed by atoms with Crippen LogP contribution in [0.25, 0.3) is 0 Å². The van der Waals surface area contributed by atoms with E-state index in [-0.39, 0.29) is 5.97 Å². The standard InChI is InChI=1S/C16H25NO3/c1-4-20-16(18)12-6-5-9-13-17(2)14-10-7-8-11-15(14)19-3/h7-8,10-11H,4-6,9,12-13H2,1-3H3. The Labute approximate surface area is 121 Å². The molecule has 0 aliphatic rings. The lowest BCUT2D eigenvalue weighted by atomic mass is 10.2. The lowest BCUT2D eigenvalue weighted by Gasteiger charge is -2.21. The summed E-state index contributed by atoms with van der Waals surface area (Å²) >= 11 is 0. The molecule has 0 amide bonds. The van der Waals surface area contributed by atoms with Crippen molar-refractivity contribution in [2.24, 2.45) is 0 Å². The minimum Gasteiger partial charge on any atom is -0.495 e. The van der Waals surface area contributed by atoms with Crippen LogP contribution < -0.4 is 9.64 Å². The zero-order valence-electron chi connectivity index (χ0n) is 12.7. The molecule has 0 atom stereocenters. The highest BCUT2D eigenvalue weighted by Crippen LogP contribution is 2.26. The van der Waals surface area contributed by atoms with Gasteiger partial charge in [-0.2, -0.15) is 0 Å². The Morgan fingerprint density at radius 1 is 1.20 bits per heavy atom. The van der Waals surface area contributed by atoms with Crippen molar-refractivity contribution >= 4 is 11.7 Å². The van der Waals surface area contributed by atoms with E-state index in [1.54, 1.807) is 7.11 Å². The van der Waals surface area contributed by atoms with Crippen LogP contribution in [-0.4, -0.2) is 33.3 Å². The second-order valence-electron chi connectivity index (χ2n) is 4.71. The third-order valence-corrected chi connectivity index (χ3v) is 3.18. The number of para-hydroxylation sites is 2. The van der Waals surface area contributed by atoms with Gasteiger partial charge in [0.2, 0.25) is 0 Å². The van der Waals surface area contributed by atoms with Gasteiger partial charge in [-0.1, -0.05) is 18.6 Å². The number of rotatable bonds is 9. The molecule has 0 aliphatic heterocycles. The van der Waals surface area contributed by atoms with Crippen molar-refractivity contribution in [1.29, 1.82) is 0 Å². The van der Waals surface area contributed by atoms with Crippen LogP contribution in [0.1, 0.15) is 32.6 Å². The van der Waals surface area contributed by atoms with E-state index >= 15 is 0 Å². The normalized spacial score (nSPS) is 10.2. The molecule has 0 spiro atoms. The van der Waals surface area contributed by atoms with E-state index < -0.39 is 0 Å². The van der Waals surface area contributed by atoms with Crippen LogP contribution in [0.15, 0.2) is 24.3 Å². The molecule has 1 rings (SSSR count). The molecule has 0 saturated heterocycles. The van der Waals surface area contributed by atoms with Crippen LogP contribution in [0.2, 0.25) is 0 Å². The number of carbonyl (C=O) groups is 1. The zero-order chi connectivity index (χ0) is 14.8. The molecule has 0 radical (unpaired) electrons. The summed E-state index contributed by atoms with van der Waals surface area (Å²) < 4.78 is 10.3. The second-order valence-corrected chi connectivity index (χ2v) is 4.71. The number of benzene rings is 1. The smallest absolute Gasteiger partial charge is 0.305 e. The second kappa shape index (κ2) is 9.23. The van der Waals surface area contributed by atoms with Crippen LogP contribution in [0.3, 0.4) is 0 Å². The van der Waals surface area contributed by atoms with Gasteiger partial charge >= 0.3 is 5.97 Å². The van der Waals surface area contributed by atoms with E-state index in [1.165, 1.54) is 0 Å². The molecular weight excluding hydrogens is 254 g/mol. The van der Waals surface area contributed by atoms with Gasteiger partial charge in [0.05, 0.1) is 19.4 Å². The first-order chi connectivity index (χ1) is 9.69. The quantitative estimate of drug-likeness (QED) is 0.514. The Kier molecular flexibility index (Phi) is 7.55. The largest absolute Gasteiger partial charge is 0.495 e. The maximum absolute atomic E-state index is 11.2. The SMILES string of the molecule is CCOC(=O)CCCCCN(C)c1ccccc1OC. The number of ether oxygens (including phenoxy) is 2. The first kappa shape index (κ1) is 16.3. The molecule has 0 bridgehead atoms. The summed E-state index contributed by atoms with van der Waals surface area (Å²) in [4.78, 5) is 13.4. The molecule has 0 saturated carbocycles. The van der Waals surface area contributed by atoms with Gasteiger partial charge in [-0.15, -0.1) is 0 Å². The topological polar surface area (TPSA) is 38.8 Å². The third-order valence-electron chi connectivity index (χ3n) is 3.18. The minimum atomic E-state index is -0.0921. The maximum atomic E-state index is 11.2. The lowest BCUT2D eigenvalue weighted by molar-refractivity contribution is -0.143. The van der Waals surface area contributed by atoms with Gasteiger partial charge in [-0.3, -0.25) is 4.79 Å². The van der Waals surface area contributed by atoms with Crippen LogP contribution in [0, 0.1) is 0 Å². The van der Waals surface area contributed by atoms with Gasteiger partial charge in [0.25, 0.3) is 0 Å². The zero-order valence-corrected chi connectivity index (χ0v) is 12.7. The Balaban J connectivity index is 2.26. The Morgan fingerprint density at radius 3 is 2.65 bits per heavy atom. The fourth-order valence-corrected chi connectivity index (χ4v) is 2.09. The van der Waals surface area contributed by atoms with Crippen molar-refractivity contribution < 1.29 is 14.3 Å². The summed E-state index contributed by atoms with van der Waals surface area (Å²) in [5.41, 5.74) is 1.10. The highest BCUT2D eigenvalue weighted by atomic mass is 16.5. The number of carbonyl (C=O) groups excluding carboxylic acids is 1. The van der Waals surface area contributed by atoms with Gasteiger partial charge in [-0.25, -0.2) is 0 Å². The Hall–Kier alpha value is -1.71. The number of hydrogen-bond donors (Lipinski definition) is 0. The molecule has 1 aromatic rings. The third kappa shape index (κ3) is 5.51. The van der Waals surface area contributed by atoms with E-state index in [4.69, 9.17) is 9.47 Å². The minimum absolute atomic E-state index is 0.0921. The lowest BCUT2D eigenvalue weighted by Crippen LogP contribution is -2.19. The van der Waals surface area contributed by atoms with Crippen molar-refractivity contribution in [3.63, 3.8) is 0 Å². The molecule has 0 heterocycles. The van der Waals surface area contributed by atoms with Crippen LogP contribution in [0.4, 0.5) is 5.69 Å². The van der Waals surface area contributed by atoms with E-state index in [0.717, 1.165) is 37.2 Å². The molecule has 112 valence electrons. The van der Waals surface area contributed by atoms with Crippen molar-refractivity contribution in [3.8, 4) is 5.75 Å². The predicted molar refractivity (Wildman–Crippen MR) is 81.4 cm³/mol. The monoisotopic (exact) mass is 279 g/mol. The molecule has 0 unspecified atom stereocenters. The number of hydrogen-bond acceptors (Lipinski definition) is 4. The summed E-state index contributed by atoms with van der Waals surface area (Å²) in [5, 5.41) is 0. The Morgan fingerprint density at radius 2 is 1.95 bits per heavy atom. The van der Waals surface area contributed by atoms with Crippen molar-refractivity contribution in [2.75, 3.05) is 32.2 Å². The number of unbranched alkanes of at least 4 members (excludes halogenated alkanes) is 2. The molecule has 0 N–H and O–H groups in total. The van der Waals surface area contributed by atoms with Crippen LogP contribution >= 0.6 is 0 Å². The van der Waals surface area contributed by atoms with E-state index in [2.05, 4.69) is 18.0 Å². The van der Waals surface area contributed by atoms with E-state index in [1.807, 2.05) is 25.1 Å². The molecule has 0 aliphatic carbocycles. The summed E-state index contributed by atoms with van der Waals surface area (Å²) in [6.07, 6.45) is 3.48. The van der Waals surface area contributed by atoms with Gasteiger partial charge in [0.15, 0.2) is 0 Å². The molecule has 4 heteroatoms. The number of anilines is 1. The fourth-order valence-electron chi connectivity index (χ4n) is 2.09. The summed E-state index contributed by atoms with van der Waals surface area (Å²) in [7, 11) is 3.75. The first-order valence-corrected chi connectivity index (χ1v) is 7.18. The summed E-state index contributed by atoms with van der Waals surface area (Å²) in [5.74, 6) is 0.798. The van der Waals surface area contributed by atoms with Gasteiger partial charge in [-0.05, 0) is 31.9 Å². The van der Waals surface area contributed by atoms with Gasteiger partial charge in [0, 0.05) is 20.0 Å². The molecule has 1 aromatic carbocycles. The Bertz CT molecular complexity index is 406.